The van der Waals surface area contributed by atoms with Gasteiger partial charge in [0.1, 0.15) is 11.5 Å². The minimum absolute atomic E-state index is 0.0227. The summed E-state index contributed by atoms with van der Waals surface area (Å²) >= 11 is 0. The monoisotopic (exact) mass is 374 g/mol. The van der Waals surface area contributed by atoms with Crippen molar-refractivity contribution in [2.75, 3.05) is 7.11 Å². The molecular weight excluding hydrogens is 348 g/mol. The zero-order chi connectivity index (χ0) is 19.9. The van der Waals surface area contributed by atoms with Gasteiger partial charge in [0.2, 0.25) is 0 Å². The van der Waals surface area contributed by atoms with E-state index in [1.165, 1.54) is 0 Å². The fraction of sp³-hybridized carbons (Fsp3) is 0.280. The molecule has 0 N–H and O–H groups in total. The van der Waals surface area contributed by atoms with Crippen molar-refractivity contribution in [3.8, 4) is 5.75 Å². The van der Waals surface area contributed by atoms with Crippen LogP contribution in [-0.2, 0) is 4.79 Å². The van der Waals surface area contributed by atoms with Gasteiger partial charge in [-0.1, -0.05) is 55.8 Å². The van der Waals surface area contributed by atoms with Crippen molar-refractivity contribution >= 4 is 22.3 Å². The van der Waals surface area contributed by atoms with Crippen molar-refractivity contribution < 1.29 is 14.3 Å². The summed E-state index contributed by atoms with van der Waals surface area (Å²) < 4.78 is 5.16. The summed E-state index contributed by atoms with van der Waals surface area (Å²) in [4.78, 5) is 26.0. The molecule has 3 nitrogen and oxygen atoms in total. The van der Waals surface area contributed by atoms with Gasteiger partial charge in [0.05, 0.1) is 13.0 Å². The van der Waals surface area contributed by atoms with Gasteiger partial charge in [-0.2, -0.15) is 0 Å². The topological polar surface area (TPSA) is 43.4 Å². The molecule has 0 aliphatic carbocycles. The number of fused-ring (bicyclic) bond motifs is 1. The van der Waals surface area contributed by atoms with Crippen LogP contribution in [0.3, 0.4) is 0 Å². The van der Waals surface area contributed by atoms with Gasteiger partial charge < -0.3 is 4.74 Å². The normalized spacial score (nSPS) is 11.9. The summed E-state index contributed by atoms with van der Waals surface area (Å²) in [5, 5.41) is 2.13. The van der Waals surface area contributed by atoms with Crippen LogP contribution < -0.4 is 4.74 Å². The number of benzene rings is 3. The molecule has 0 amide bonds. The zero-order valence-electron chi connectivity index (χ0n) is 16.5. The van der Waals surface area contributed by atoms with Crippen molar-refractivity contribution in [3.05, 3.63) is 77.9 Å². The van der Waals surface area contributed by atoms with Gasteiger partial charge in [0.15, 0.2) is 5.78 Å². The predicted molar refractivity (Wildman–Crippen MR) is 113 cm³/mol. The number of hydrogen-bond acceptors (Lipinski definition) is 3. The molecule has 3 aromatic rings. The molecule has 0 aromatic heterocycles. The number of carbonyl (C=O) groups is 2. The lowest BCUT2D eigenvalue weighted by Crippen LogP contribution is -2.17. The van der Waals surface area contributed by atoms with Crippen LogP contribution in [0.15, 0.2) is 66.7 Å². The maximum Gasteiger partial charge on any atom is 0.163 e. The Kier molecular flexibility index (Phi) is 6.59. The molecule has 0 bridgehead atoms. The number of methoxy groups -OCH3 is 1. The molecule has 144 valence electrons. The first-order valence-electron chi connectivity index (χ1n) is 9.81. The summed E-state index contributed by atoms with van der Waals surface area (Å²) in [6.45, 7) is 2.07. The Labute approximate surface area is 166 Å². The molecule has 3 rings (SSSR count). The first-order valence-corrected chi connectivity index (χ1v) is 9.81. The number of ether oxygens (including phenoxy) is 1. The third-order valence-electron chi connectivity index (χ3n) is 5.17. The Bertz CT molecular complexity index is 952. The smallest absolute Gasteiger partial charge is 0.163 e. The zero-order valence-corrected chi connectivity index (χ0v) is 16.5. The van der Waals surface area contributed by atoms with Gasteiger partial charge in [0, 0.05) is 18.4 Å². The first kappa shape index (κ1) is 19.8. The standard InChI is InChI=1S/C25H26O3/c1-3-4-12-24(26)23(17-25(27)19-13-15-20(28-2)16-14-19)22-11-7-9-18-8-5-6-10-21(18)22/h5-11,13-16,23H,3-4,12,17H2,1-2H3. The molecule has 3 heteroatoms. The number of Topliss-reactive ketones (excluding diaryl/α,β-unsaturated/α-hetero) is 2. The van der Waals surface area contributed by atoms with Crippen LogP contribution in [0, 0.1) is 0 Å². The SMILES string of the molecule is CCCCC(=O)C(CC(=O)c1ccc(OC)cc1)c1cccc2ccccc12. The van der Waals surface area contributed by atoms with Crippen LogP contribution in [0.2, 0.25) is 0 Å². The van der Waals surface area contributed by atoms with E-state index < -0.39 is 5.92 Å². The Balaban J connectivity index is 1.94. The number of unbranched alkanes of at least 4 members (excludes halogenated alkanes) is 1. The summed E-state index contributed by atoms with van der Waals surface area (Å²) in [5.41, 5.74) is 1.55. The second kappa shape index (κ2) is 9.32. The van der Waals surface area contributed by atoms with E-state index >= 15 is 0 Å². The molecule has 0 saturated carbocycles. The second-order valence-corrected chi connectivity index (χ2v) is 7.05. The van der Waals surface area contributed by atoms with Gasteiger partial charge in [0.25, 0.3) is 0 Å². The number of carbonyl (C=O) groups excluding carboxylic acids is 2. The van der Waals surface area contributed by atoms with Gasteiger partial charge in [-0.15, -0.1) is 0 Å². The molecule has 0 heterocycles. The van der Waals surface area contributed by atoms with Crippen molar-refractivity contribution in [3.63, 3.8) is 0 Å². The summed E-state index contributed by atoms with van der Waals surface area (Å²) in [5.74, 6) is 0.402. The highest BCUT2D eigenvalue weighted by atomic mass is 16.5. The molecule has 0 radical (unpaired) electrons. The van der Waals surface area contributed by atoms with Crippen LogP contribution >= 0.6 is 0 Å². The van der Waals surface area contributed by atoms with E-state index in [0.717, 1.165) is 29.2 Å². The molecule has 0 saturated heterocycles. The third kappa shape index (κ3) is 4.48. The van der Waals surface area contributed by atoms with E-state index in [2.05, 4.69) is 6.92 Å². The van der Waals surface area contributed by atoms with E-state index in [0.29, 0.717) is 17.7 Å². The fourth-order valence-electron chi connectivity index (χ4n) is 3.56. The van der Waals surface area contributed by atoms with Gasteiger partial charge in [-0.05, 0) is 47.0 Å². The van der Waals surface area contributed by atoms with Gasteiger partial charge in [-0.25, -0.2) is 0 Å². The number of ketones is 2. The average molecular weight is 374 g/mol. The Morgan fingerprint density at radius 1 is 0.929 bits per heavy atom. The molecule has 28 heavy (non-hydrogen) atoms. The van der Waals surface area contributed by atoms with Crippen LogP contribution in [0.5, 0.6) is 5.75 Å². The predicted octanol–water partition coefficient (Wildman–Crippen LogP) is 5.96. The maximum atomic E-state index is 13.0. The van der Waals surface area contributed by atoms with Crippen LogP contribution in [0.4, 0.5) is 0 Å². The molecule has 1 unspecified atom stereocenters. The molecule has 0 spiro atoms. The average Bonchev–Trinajstić information content (AvgIpc) is 2.75. The summed E-state index contributed by atoms with van der Waals surface area (Å²) in [7, 11) is 1.60. The highest BCUT2D eigenvalue weighted by Gasteiger charge is 2.25. The number of hydrogen-bond donors (Lipinski definition) is 0. The molecule has 0 aliphatic rings. The molecule has 0 aliphatic heterocycles. The van der Waals surface area contributed by atoms with E-state index in [9.17, 15) is 9.59 Å². The Morgan fingerprint density at radius 2 is 1.64 bits per heavy atom. The van der Waals surface area contributed by atoms with Gasteiger partial charge >= 0.3 is 0 Å². The fourth-order valence-corrected chi connectivity index (χ4v) is 3.56. The van der Waals surface area contributed by atoms with E-state index in [1.54, 1.807) is 31.4 Å². The molecule has 0 fully saturated rings. The van der Waals surface area contributed by atoms with Crippen molar-refractivity contribution in [2.45, 2.75) is 38.5 Å². The first-order chi connectivity index (χ1) is 13.6. The van der Waals surface area contributed by atoms with Crippen molar-refractivity contribution in [2.24, 2.45) is 0 Å². The third-order valence-corrected chi connectivity index (χ3v) is 5.17. The van der Waals surface area contributed by atoms with Gasteiger partial charge in [-0.3, -0.25) is 9.59 Å². The van der Waals surface area contributed by atoms with Crippen LogP contribution in [-0.4, -0.2) is 18.7 Å². The maximum absolute atomic E-state index is 13.0. The Hall–Kier alpha value is -2.94. The quantitative estimate of drug-likeness (QED) is 0.434. The lowest BCUT2D eigenvalue weighted by Gasteiger charge is -2.18. The highest BCUT2D eigenvalue weighted by Crippen LogP contribution is 2.31. The summed E-state index contributed by atoms with van der Waals surface area (Å²) in [6.07, 6.45) is 2.49. The number of rotatable bonds is 9. The lowest BCUT2D eigenvalue weighted by atomic mass is 9.84. The van der Waals surface area contributed by atoms with Crippen LogP contribution in [0.1, 0.15) is 54.4 Å². The molecular formula is C25H26O3. The second-order valence-electron chi connectivity index (χ2n) is 7.05. The molecule has 3 aromatic carbocycles. The molecule has 1 atom stereocenters. The van der Waals surface area contributed by atoms with E-state index in [1.807, 2.05) is 42.5 Å². The van der Waals surface area contributed by atoms with E-state index in [4.69, 9.17) is 4.74 Å². The summed E-state index contributed by atoms with van der Waals surface area (Å²) in [6, 6.07) is 21.1. The van der Waals surface area contributed by atoms with Crippen molar-refractivity contribution in [1.29, 1.82) is 0 Å². The minimum Gasteiger partial charge on any atom is -0.497 e. The van der Waals surface area contributed by atoms with Crippen molar-refractivity contribution in [1.82, 2.24) is 0 Å². The van der Waals surface area contributed by atoms with Crippen LogP contribution in [0.25, 0.3) is 10.8 Å². The highest BCUT2D eigenvalue weighted by molar-refractivity contribution is 6.02. The largest absolute Gasteiger partial charge is 0.497 e. The lowest BCUT2D eigenvalue weighted by molar-refractivity contribution is -0.120. The van der Waals surface area contributed by atoms with E-state index in [-0.39, 0.29) is 18.0 Å². The Morgan fingerprint density at radius 3 is 2.36 bits per heavy atom. The minimum atomic E-state index is -0.424.